The van der Waals surface area contributed by atoms with Crippen LogP contribution in [0, 0.1) is 0 Å². The highest BCUT2D eigenvalue weighted by Gasteiger charge is 2.15. The standard InChI is InChI=1S/C28H30N4S/c1-2-3-4-9-20-14-16-21(17-15-20)33-29-19-18-23-22-10-5-6-11-24(22)30-27(23)28-31-25-12-7-8-13-26(25)32-28/h5-8,10-17,29-30H,2-4,9,18-19H2,1H3,(H,31,32). The molecule has 5 heteroatoms. The molecule has 0 atom stereocenters. The van der Waals surface area contributed by atoms with Crippen LogP contribution in [0.5, 0.6) is 0 Å². The Kier molecular flexibility index (Phi) is 6.79. The first kappa shape index (κ1) is 21.8. The van der Waals surface area contributed by atoms with Gasteiger partial charge in [-0.15, -0.1) is 0 Å². The van der Waals surface area contributed by atoms with Gasteiger partial charge in [-0.05, 0) is 72.7 Å². The molecule has 0 fully saturated rings. The molecule has 168 valence electrons. The second kappa shape index (κ2) is 10.3. The highest BCUT2D eigenvalue weighted by atomic mass is 32.2. The van der Waals surface area contributed by atoms with E-state index in [1.165, 1.54) is 47.1 Å². The second-order valence-corrected chi connectivity index (χ2v) is 9.44. The van der Waals surface area contributed by atoms with E-state index in [-0.39, 0.29) is 0 Å². The SMILES string of the molecule is CCCCCc1ccc(SNCCc2c(-c3nc4ccccc4[nH]3)[nH]c3ccccc23)cc1. The molecule has 33 heavy (non-hydrogen) atoms. The molecule has 0 aliphatic rings. The number of hydrogen-bond acceptors (Lipinski definition) is 3. The van der Waals surface area contributed by atoms with Crippen LogP contribution in [-0.2, 0) is 12.8 Å². The Hall–Kier alpha value is -3.02. The van der Waals surface area contributed by atoms with Crippen molar-refractivity contribution in [3.05, 3.63) is 83.9 Å². The Labute approximate surface area is 199 Å². The number of aryl methyl sites for hydroxylation is 1. The molecule has 5 aromatic rings. The van der Waals surface area contributed by atoms with Crippen molar-refractivity contribution in [2.75, 3.05) is 6.54 Å². The van der Waals surface area contributed by atoms with Crippen LogP contribution in [0.1, 0.15) is 37.3 Å². The van der Waals surface area contributed by atoms with Gasteiger partial charge in [-0.3, -0.25) is 4.72 Å². The average molecular weight is 455 g/mol. The number of imidazole rings is 1. The van der Waals surface area contributed by atoms with Crippen molar-refractivity contribution in [1.29, 1.82) is 0 Å². The maximum atomic E-state index is 4.84. The zero-order valence-corrected chi connectivity index (χ0v) is 19.8. The van der Waals surface area contributed by atoms with E-state index >= 15 is 0 Å². The minimum atomic E-state index is 0.873. The van der Waals surface area contributed by atoms with Crippen LogP contribution >= 0.6 is 11.9 Å². The van der Waals surface area contributed by atoms with Crippen molar-refractivity contribution in [3.8, 4) is 11.5 Å². The van der Waals surface area contributed by atoms with Crippen LogP contribution < -0.4 is 4.72 Å². The van der Waals surface area contributed by atoms with Crippen LogP contribution in [0.15, 0.2) is 77.7 Å². The van der Waals surface area contributed by atoms with Gasteiger partial charge < -0.3 is 9.97 Å². The van der Waals surface area contributed by atoms with Gasteiger partial charge in [-0.1, -0.05) is 62.2 Å². The number of rotatable bonds is 10. The predicted octanol–water partition coefficient (Wildman–Crippen LogP) is 7.28. The lowest BCUT2D eigenvalue weighted by Gasteiger charge is -2.07. The van der Waals surface area contributed by atoms with Gasteiger partial charge in [-0.2, -0.15) is 0 Å². The second-order valence-electron chi connectivity index (χ2n) is 8.47. The van der Waals surface area contributed by atoms with E-state index in [9.17, 15) is 0 Å². The topological polar surface area (TPSA) is 56.5 Å². The van der Waals surface area contributed by atoms with Crippen molar-refractivity contribution in [2.24, 2.45) is 0 Å². The van der Waals surface area contributed by atoms with Gasteiger partial charge in [0.05, 0.1) is 16.7 Å². The van der Waals surface area contributed by atoms with E-state index in [2.05, 4.69) is 76.2 Å². The van der Waals surface area contributed by atoms with Gasteiger partial charge in [0.1, 0.15) is 0 Å². The van der Waals surface area contributed by atoms with Gasteiger partial charge in [0, 0.05) is 22.3 Å². The third-order valence-electron chi connectivity index (χ3n) is 6.10. The summed E-state index contributed by atoms with van der Waals surface area (Å²) < 4.78 is 3.55. The molecule has 0 aliphatic heterocycles. The summed E-state index contributed by atoms with van der Waals surface area (Å²) in [5.41, 5.74) is 7.00. The number of para-hydroxylation sites is 3. The Morgan fingerprint density at radius 2 is 1.61 bits per heavy atom. The van der Waals surface area contributed by atoms with E-state index in [0.29, 0.717) is 0 Å². The molecule has 2 heterocycles. The predicted molar refractivity (Wildman–Crippen MR) is 141 cm³/mol. The molecule has 2 aromatic heterocycles. The van der Waals surface area contributed by atoms with Gasteiger partial charge >= 0.3 is 0 Å². The molecule has 0 saturated heterocycles. The highest BCUT2D eigenvalue weighted by molar-refractivity contribution is 7.97. The van der Waals surface area contributed by atoms with Crippen LogP contribution in [-0.4, -0.2) is 21.5 Å². The summed E-state index contributed by atoms with van der Waals surface area (Å²) in [4.78, 5) is 13.2. The maximum Gasteiger partial charge on any atom is 0.155 e. The number of H-pyrrole nitrogens is 2. The number of nitrogens with zero attached hydrogens (tertiary/aromatic N) is 1. The lowest BCUT2D eigenvalue weighted by Crippen LogP contribution is -2.09. The van der Waals surface area contributed by atoms with E-state index in [4.69, 9.17) is 4.98 Å². The van der Waals surface area contributed by atoms with Crippen molar-refractivity contribution >= 4 is 33.9 Å². The molecule has 0 saturated carbocycles. The molecule has 3 N–H and O–H groups in total. The first-order valence-corrected chi connectivity index (χ1v) is 12.7. The zero-order chi connectivity index (χ0) is 22.5. The van der Waals surface area contributed by atoms with Crippen molar-refractivity contribution < 1.29 is 0 Å². The van der Waals surface area contributed by atoms with Crippen LogP contribution in [0.25, 0.3) is 33.5 Å². The fourth-order valence-corrected chi connectivity index (χ4v) is 4.99. The molecule has 0 spiro atoms. The maximum absolute atomic E-state index is 4.84. The number of benzene rings is 3. The smallest absolute Gasteiger partial charge is 0.155 e. The minimum absolute atomic E-state index is 0.873. The molecule has 0 amide bonds. The van der Waals surface area contributed by atoms with Crippen molar-refractivity contribution in [3.63, 3.8) is 0 Å². The van der Waals surface area contributed by atoms with Crippen molar-refractivity contribution in [1.82, 2.24) is 19.7 Å². The number of hydrogen-bond donors (Lipinski definition) is 3. The Morgan fingerprint density at radius 1 is 0.818 bits per heavy atom. The van der Waals surface area contributed by atoms with Crippen LogP contribution in [0.2, 0.25) is 0 Å². The average Bonchev–Trinajstić information content (AvgIpc) is 3.44. The van der Waals surface area contributed by atoms with Crippen molar-refractivity contribution in [2.45, 2.75) is 43.9 Å². The van der Waals surface area contributed by atoms with Crippen LogP contribution in [0.4, 0.5) is 0 Å². The normalized spacial score (nSPS) is 11.5. The number of nitrogens with one attached hydrogen (secondary N) is 3. The summed E-state index contributed by atoms with van der Waals surface area (Å²) in [6.45, 7) is 3.12. The molecule has 4 nitrogen and oxygen atoms in total. The summed E-state index contributed by atoms with van der Waals surface area (Å²) in [6.07, 6.45) is 5.95. The molecule has 0 radical (unpaired) electrons. The summed E-state index contributed by atoms with van der Waals surface area (Å²) in [7, 11) is 0. The third kappa shape index (κ3) is 5.00. The number of aromatic amines is 2. The Bertz CT molecular complexity index is 1300. The highest BCUT2D eigenvalue weighted by Crippen LogP contribution is 2.30. The quantitative estimate of drug-likeness (QED) is 0.153. The van der Waals surface area contributed by atoms with Crippen LogP contribution in [0.3, 0.4) is 0 Å². The van der Waals surface area contributed by atoms with E-state index < -0.39 is 0 Å². The number of aromatic nitrogens is 3. The lowest BCUT2D eigenvalue weighted by atomic mass is 10.1. The summed E-state index contributed by atoms with van der Waals surface area (Å²) in [5, 5.41) is 1.26. The Morgan fingerprint density at radius 3 is 2.42 bits per heavy atom. The fraction of sp³-hybridized carbons (Fsp3) is 0.250. The van der Waals surface area contributed by atoms with Gasteiger partial charge in [0.25, 0.3) is 0 Å². The molecular weight excluding hydrogens is 424 g/mol. The third-order valence-corrected chi connectivity index (χ3v) is 6.96. The van der Waals surface area contributed by atoms with Gasteiger partial charge in [0.2, 0.25) is 0 Å². The summed E-state index contributed by atoms with van der Waals surface area (Å²) in [5.74, 6) is 0.897. The minimum Gasteiger partial charge on any atom is -0.352 e. The summed E-state index contributed by atoms with van der Waals surface area (Å²) in [6, 6.07) is 25.7. The Balaban J connectivity index is 1.27. The molecular formula is C28H30N4S. The number of unbranched alkanes of at least 4 members (excludes halogenated alkanes) is 2. The molecule has 0 aliphatic carbocycles. The zero-order valence-electron chi connectivity index (χ0n) is 19.0. The van der Waals surface area contributed by atoms with Gasteiger partial charge in [0.15, 0.2) is 5.82 Å². The number of fused-ring (bicyclic) bond motifs is 2. The fourth-order valence-electron chi connectivity index (χ4n) is 4.35. The van der Waals surface area contributed by atoms with Gasteiger partial charge in [-0.25, -0.2) is 4.98 Å². The molecule has 0 bridgehead atoms. The van der Waals surface area contributed by atoms with E-state index in [1.807, 2.05) is 18.2 Å². The monoisotopic (exact) mass is 454 g/mol. The van der Waals surface area contributed by atoms with E-state index in [1.54, 1.807) is 11.9 Å². The largest absolute Gasteiger partial charge is 0.352 e. The molecule has 3 aromatic carbocycles. The summed E-state index contributed by atoms with van der Waals surface area (Å²) >= 11 is 1.71. The first-order chi connectivity index (χ1) is 16.3. The first-order valence-electron chi connectivity index (χ1n) is 11.8. The lowest BCUT2D eigenvalue weighted by molar-refractivity contribution is 0.717. The molecule has 5 rings (SSSR count). The van der Waals surface area contributed by atoms with E-state index in [0.717, 1.165) is 41.0 Å². The molecule has 0 unspecified atom stereocenters.